The van der Waals surface area contributed by atoms with Gasteiger partial charge in [-0.1, -0.05) is 18.2 Å². The van der Waals surface area contributed by atoms with Crippen LogP contribution in [-0.4, -0.2) is 69.1 Å². The second-order valence-electron chi connectivity index (χ2n) is 5.56. The number of guanidine groups is 1. The Morgan fingerprint density at radius 1 is 1.35 bits per heavy atom. The lowest BCUT2D eigenvalue weighted by molar-refractivity contribution is -0.0136. The van der Waals surface area contributed by atoms with Gasteiger partial charge in [0, 0.05) is 36.8 Å². The van der Waals surface area contributed by atoms with E-state index in [0.717, 1.165) is 44.5 Å². The number of ether oxygens (including phenoxy) is 1. The Morgan fingerprint density at radius 3 is 2.91 bits per heavy atom. The monoisotopic (exact) mass is 336 g/mol. The molecule has 1 aromatic carbocycles. The Labute approximate surface area is 143 Å². The molecule has 1 aliphatic rings. The molecule has 5 nitrogen and oxygen atoms in total. The highest BCUT2D eigenvalue weighted by atomic mass is 32.2. The molecule has 0 aromatic heterocycles. The topological polar surface area (TPSA) is 48.9 Å². The van der Waals surface area contributed by atoms with E-state index >= 15 is 0 Å². The Hall–Kier alpha value is -1.24. The quantitative estimate of drug-likeness (QED) is 0.343. The molecule has 0 aliphatic carbocycles. The minimum atomic E-state index is 0.197. The van der Waals surface area contributed by atoms with Gasteiger partial charge in [0.25, 0.3) is 0 Å². The minimum Gasteiger partial charge on any atom is -0.374 e. The van der Waals surface area contributed by atoms with Gasteiger partial charge in [0.2, 0.25) is 0 Å². The number of hydrogen-bond donors (Lipinski definition) is 2. The molecule has 23 heavy (non-hydrogen) atoms. The molecule has 1 aliphatic heterocycles. The van der Waals surface area contributed by atoms with Gasteiger partial charge >= 0.3 is 0 Å². The van der Waals surface area contributed by atoms with Crippen LogP contribution < -0.4 is 10.6 Å². The third kappa shape index (κ3) is 7.24. The summed E-state index contributed by atoms with van der Waals surface area (Å²) in [6, 6.07) is 10.5. The maximum atomic E-state index is 5.75. The van der Waals surface area contributed by atoms with E-state index in [1.54, 1.807) is 0 Å². The van der Waals surface area contributed by atoms with E-state index in [9.17, 15) is 0 Å². The molecule has 2 N–H and O–H groups in total. The third-order valence-corrected chi connectivity index (χ3v) is 4.56. The summed E-state index contributed by atoms with van der Waals surface area (Å²) >= 11 is 1.85. The number of morpholine rings is 1. The van der Waals surface area contributed by atoms with Crippen molar-refractivity contribution >= 4 is 17.7 Å². The highest BCUT2D eigenvalue weighted by Gasteiger charge is 2.17. The Kier molecular flexibility index (Phi) is 8.28. The summed E-state index contributed by atoms with van der Waals surface area (Å²) in [5.74, 6) is 1.88. The van der Waals surface area contributed by atoms with Crippen LogP contribution in [0.2, 0.25) is 0 Å². The maximum absolute atomic E-state index is 5.75. The highest BCUT2D eigenvalue weighted by molar-refractivity contribution is 7.99. The predicted octanol–water partition coefficient (Wildman–Crippen LogP) is 1.66. The molecule has 1 atom stereocenters. The van der Waals surface area contributed by atoms with Crippen LogP contribution in [-0.2, 0) is 4.74 Å². The van der Waals surface area contributed by atoms with Gasteiger partial charge in [-0.05, 0) is 26.1 Å². The fraction of sp³-hybridized carbons (Fsp3) is 0.588. The number of likely N-dealkylation sites (N-methyl/N-ethyl adjacent to an activating group) is 1. The fourth-order valence-electron chi connectivity index (χ4n) is 2.37. The third-order valence-electron chi connectivity index (χ3n) is 3.55. The van der Waals surface area contributed by atoms with Crippen molar-refractivity contribution in [1.29, 1.82) is 0 Å². The molecule has 0 spiro atoms. The molecular weight excluding hydrogens is 308 g/mol. The average Bonchev–Trinajstić information content (AvgIpc) is 2.57. The lowest BCUT2D eigenvalue weighted by Gasteiger charge is -2.29. The number of benzene rings is 1. The Balaban J connectivity index is 1.70. The number of hydrogen-bond acceptors (Lipinski definition) is 4. The molecule has 1 unspecified atom stereocenters. The molecule has 0 amide bonds. The second kappa shape index (κ2) is 10.5. The van der Waals surface area contributed by atoms with Crippen LogP contribution in [0.1, 0.15) is 6.92 Å². The van der Waals surface area contributed by atoms with E-state index < -0.39 is 0 Å². The molecule has 1 aromatic rings. The van der Waals surface area contributed by atoms with Crippen LogP contribution >= 0.6 is 11.8 Å². The molecular formula is C17H28N4OS. The first-order valence-corrected chi connectivity index (χ1v) is 9.26. The van der Waals surface area contributed by atoms with Gasteiger partial charge < -0.3 is 20.3 Å². The zero-order chi connectivity index (χ0) is 16.3. The van der Waals surface area contributed by atoms with Crippen molar-refractivity contribution in [3.63, 3.8) is 0 Å². The molecule has 2 rings (SSSR count). The van der Waals surface area contributed by atoms with Gasteiger partial charge in [-0.15, -0.1) is 11.8 Å². The summed E-state index contributed by atoms with van der Waals surface area (Å²) < 4.78 is 5.75. The van der Waals surface area contributed by atoms with Gasteiger partial charge in [0.15, 0.2) is 5.96 Å². The number of nitrogens with zero attached hydrogens (tertiary/aromatic N) is 2. The largest absolute Gasteiger partial charge is 0.374 e. The van der Waals surface area contributed by atoms with Crippen LogP contribution in [0, 0.1) is 0 Å². The molecule has 1 heterocycles. The molecule has 1 saturated heterocycles. The number of nitrogens with one attached hydrogen (secondary N) is 2. The lowest BCUT2D eigenvalue weighted by atomic mass is 10.3. The zero-order valence-corrected chi connectivity index (χ0v) is 14.9. The van der Waals surface area contributed by atoms with Crippen molar-refractivity contribution in [1.82, 2.24) is 15.5 Å². The smallest absolute Gasteiger partial charge is 0.191 e. The van der Waals surface area contributed by atoms with E-state index in [1.165, 1.54) is 4.90 Å². The first-order valence-electron chi connectivity index (χ1n) is 8.28. The normalized spacial score (nSPS) is 19.6. The summed E-state index contributed by atoms with van der Waals surface area (Å²) in [5, 5.41) is 6.68. The maximum Gasteiger partial charge on any atom is 0.191 e. The predicted molar refractivity (Wildman–Crippen MR) is 98.4 cm³/mol. The van der Waals surface area contributed by atoms with Crippen LogP contribution in [0.3, 0.4) is 0 Å². The van der Waals surface area contributed by atoms with Crippen molar-refractivity contribution in [3.05, 3.63) is 30.3 Å². The summed E-state index contributed by atoms with van der Waals surface area (Å²) in [6.45, 7) is 7.29. The second-order valence-corrected chi connectivity index (χ2v) is 6.73. The first kappa shape index (κ1) is 18.1. The SMILES string of the molecule is CCNC(=NCC1CN(C)CCO1)NCCSc1ccccc1. The standard InChI is InChI=1S/C17H28N4OS/c1-3-18-17(20-13-15-14-21(2)10-11-22-15)19-9-12-23-16-7-5-4-6-8-16/h4-8,15H,3,9-14H2,1-2H3,(H2,18,19,20). The number of rotatable bonds is 7. The lowest BCUT2D eigenvalue weighted by Crippen LogP contribution is -2.43. The van der Waals surface area contributed by atoms with E-state index in [0.29, 0.717) is 6.54 Å². The van der Waals surface area contributed by atoms with Crippen molar-refractivity contribution < 1.29 is 4.74 Å². The molecule has 6 heteroatoms. The van der Waals surface area contributed by atoms with Crippen molar-refractivity contribution in [2.75, 3.05) is 52.1 Å². The summed E-state index contributed by atoms with van der Waals surface area (Å²) in [7, 11) is 2.13. The Morgan fingerprint density at radius 2 is 2.17 bits per heavy atom. The van der Waals surface area contributed by atoms with Gasteiger partial charge in [0.05, 0.1) is 19.3 Å². The molecule has 1 fully saturated rings. The van der Waals surface area contributed by atoms with Gasteiger partial charge in [0.1, 0.15) is 0 Å². The molecule has 0 radical (unpaired) electrons. The van der Waals surface area contributed by atoms with Crippen LogP contribution in [0.4, 0.5) is 0 Å². The zero-order valence-electron chi connectivity index (χ0n) is 14.1. The van der Waals surface area contributed by atoms with Gasteiger partial charge in [-0.25, -0.2) is 0 Å². The van der Waals surface area contributed by atoms with Gasteiger partial charge in [-0.3, -0.25) is 4.99 Å². The number of thioether (sulfide) groups is 1. The minimum absolute atomic E-state index is 0.197. The van der Waals surface area contributed by atoms with E-state index in [-0.39, 0.29) is 6.10 Å². The first-order chi connectivity index (χ1) is 11.3. The number of aliphatic imine (C=N–C) groups is 1. The fourth-order valence-corrected chi connectivity index (χ4v) is 3.16. The van der Waals surface area contributed by atoms with Crippen molar-refractivity contribution in [2.45, 2.75) is 17.9 Å². The van der Waals surface area contributed by atoms with E-state index in [2.05, 4.69) is 58.8 Å². The summed E-state index contributed by atoms with van der Waals surface area (Å²) in [6.07, 6.45) is 0.197. The molecule has 0 bridgehead atoms. The molecule has 0 saturated carbocycles. The van der Waals surface area contributed by atoms with Crippen molar-refractivity contribution in [3.8, 4) is 0 Å². The van der Waals surface area contributed by atoms with E-state index in [4.69, 9.17) is 4.74 Å². The Bertz CT molecular complexity index is 469. The van der Waals surface area contributed by atoms with Crippen LogP contribution in [0.15, 0.2) is 40.2 Å². The highest BCUT2D eigenvalue weighted by Crippen LogP contribution is 2.15. The summed E-state index contributed by atoms with van der Waals surface area (Å²) in [4.78, 5) is 8.24. The average molecular weight is 337 g/mol. The van der Waals surface area contributed by atoms with Gasteiger partial charge in [-0.2, -0.15) is 0 Å². The van der Waals surface area contributed by atoms with Crippen LogP contribution in [0.5, 0.6) is 0 Å². The van der Waals surface area contributed by atoms with Crippen LogP contribution in [0.25, 0.3) is 0 Å². The van der Waals surface area contributed by atoms with Crippen molar-refractivity contribution in [2.24, 2.45) is 4.99 Å². The summed E-state index contributed by atoms with van der Waals surface area (Å²) in [5.41, 5.74) is 0. The molecule has 128 valence electrons. The van der Waals surface area contributed by atoms with E-state index in [1.807, 2.05) is 17.8 Å².